The van der Waals surface area contributed by atoms with Crippen molar-refractivity contribution in [3.05, 3.63) is 29.3 Å². The van der Waals surface area contributed by atoms with Gasteiger partial charge in [-0.2, -0.15) is 0 Å². The topological polar surface area (TPSA) is 63.6 Å². The third kappa shape index (κ3) is 7.32. The summed E-state index contributed by atoms with van der Waals surface area (Å²) in [7, 11) is 0. The monoisotopic (exact) mass is 356 g/mol. The van der Waals surface area contributed by atoms with Crippen molar-refractivity contribution in [1.82, 2.24) is 0 Å². The number of carboxylic acid groups (broad SMARTS) is 1. The van der Waals surface area contributed by atoms with Crippen molar-refractivity contribution in [2.75, 3.05) is 0 Å². The van der Waals surface area contributed by atoms with Crippen LogP contribution in [0.3, 0.4) is 0 Å². The van der Waals surface area contributed by atoms with Crippen LogP contribution in [0, 0.1) is 0 Å². The second kappa shape index (κ2) is 8.46. The number of esters is 1. The van der Waals surface area contributed by atoms with Gasteiger partial charge in [-0.15, -0.1) is 0 Å². The van der Waals surface area contributed by atoms with E-state index < -0.39 is 11.9 Å². The van der Waals surface area contributed by atoms with Crippen LogP contribution in [0.1, 0.15) is 19.3 Å². The van der Waals surface area contributed by atoms with Crippen molar-refractivity contribution in [2.24, 2.45) is 0 Å². The van der Waals surface area contributed by atoms with Crippen LogP contribution in [0.2, 0.25) is 5.02 Å². The molecule has 0 radical (unpaired) electrons. The molecule has 1 N–H and O–H groups in total. The summed E-state index contributed by atoms with van der Waals surface area (Å²) in [6.07, 6.45) is 0.340. The van der Waals surface area contributed by atoms with Gasteiger partial charge in [-0.1, -0.05) is 11.6 Å². The predicted molar refractivity (Wildman–Crippen MR) is 58.6 cm³/mol. The quantitative estimate of drug-likeness (QED) is 0.501. The maximum Gasteiger partial charge on any atom is 0.311 e. The smallest absolute Gasteiger partial charge is 0.311 e. The largest absolute Gasteiger partial charge is 0.481 e. The van der Waals surface area contributed by atoms with Gasteiger partial charge >= 0.3 is 11.9 Å². The van der Waals surface area contributed by atoms with E-state index in [-0.39, 0.29) is 46.6 Å². The molecule has 0 amide bonds. The average Bonchev–Trinajstić information content (AvgIpc) is 2.21. The Kier molecular flexibility index (Phi) is 8.15. The molecule has 0 aliphatic rings. The second-order valence-corrected chi connectivity index (χ2v) is 3.61. The second-order valence-electron chi connectivity index (χ2n) is 3.18. The molecule has 0 aliphatic heterocycles. The zero-order valence-corrected chi connectivity index (χ0v) is 14.0. The van der Waals surface area contributed by atoms with E-state index in [9.17, 15) is 9.59 Å². The minimum absolute atomic E-state index is 0. The summed E-state index contributed by atoms with van der Waals surface area (Å²) in [5.41, 5.74) is 0. The first-order valence-corrected chi connectivity index (χ1v) is 5.14. The summed E-state index contributed by atoms with van der Waals surface area (Å²) in [6, 6.07) is 6.39. The van der Waals surface area contributed by atoms with E-state index in [1.807, 2.05) is 0 Å². The molecule has 0 fully saturated rings. The molecule has 1 aromatic carbocycles. The molecule has 0 saturated carbocycles. The van der Waals surface area contributed by atoms with Gasteiger partial charge in [-0.05, 0) is 30.7 Å². The molecule has 0 bridgehead atoms. The average molecular weight is 355 g/mol. The van der Waals surface area contributed by atoms with Gasteiger partial charge < -0.3 is 9.84 Å². The molecule has 0 aliphatic carbocycles. The van der Waals surface area contributed by atoms with Crippen molar-refractivity contribution < 1.29 is 46.7 Å². The zero-order valence-electron chi connectivity index (χ0n) is 9.19. The van der Waals surface area contributed by atoms with Gasteiger partial charge in [0.1, 0.15) is 5.75 Å². The third-order valence-corrected chi connectivity index (χ3v) is 2.07. The van der Waals surface area contributed by atoms with Gasteiger partial charge in [0.25, 0.3) is 0 Å². The van der Waals surface area contributed by atoms with Crippen LogP contribution in [0.5, 0.6) is 5.75 Å². The first kappa shape index (κ1) is 16.4. The molecule has 6 heteroatoms. The first-order valence-electron chi connectivity index (χ1n) is 4.76. The van der Waals surface area contributed by atoms with Gasteiger partial charge in [-0.25, -0.2) is 0 Å². The van der Waals surface area contributed by atoms with Gasteiger partial charge in [0.05, 0.1) is 0 Å². The van der Waals surface area contributed by atoms with E-state index in [0.29, 0.717) is 10.8 Å². The van der Waals surface area contributed by atoms with Gasteiger partial charge in [0.15, 0.2) is 0 Å². The van der Waals surface area contributed by atoms with E-state index >= 15 is 0 Å². The summed E-state index contributed by atoms with van der Waals surface area (Å²) in [6.45, 7) is 0. The molecular formula is C11H11CdClO4. The van der Waals surface area contributed by atoms with Crippen LogP contribution in [0.4, 0.5) is 0 Å². The number of carboxylic acids is 1. The molecule has 17 heavy (non-hydrogen) atoms. The number of hydrogen-bond acceptors (Lipinski definition) is 3. The van der Waals surface area contributed by atoms with E-state index in [0.717, 1.165) is 0 Å². The fraction of sp³-hybridized carbons (Fsp3) is 0.273. The number of halogens is 1. The predicted octanol–water partition coefficient (Wildman–Crippen LogP) is 2.50. The van der Waals surface area contributed by atoms with Crippen molar-refractivity contribution in [2.45, 2.75) is 19.3 Å². The fourth-order valence-electron chi connectivity index (χ4n) is 1.07. The number of carbonyl (C=O) groups excluding carboxylic acids is 1. The summed E-state index contributed by atoms with van der Waals surface area (Å²) in [5, 5.41) is 8.94. The third-order valence-electron chi connectivity index (χ3n) is 1.82. The van der Waals surface area contributed by atoms with Crippen LogP contribution < -0.4 is 4.74 Å². The van der Waals surface area contributed by atoms with Crippen molar-refractivity contribution in [3.8, 4) is 5.75 Å². The number of aliphatic carboxylic acids is 1. The van der Waals surface area contributed by atoms with Crippen LogP contribution in [0.25, 0.3) is 0 Å². The Hall–Kier alpha value is -0.628. The maximum atomic E-state index is 11.2. The molecule has 0 heterocycles. The van der Waals surface area contributed by atoms with E-state index in [2.05, 4.69) is 0 Å². The number of hydrogen-bond donors (Lipinski definition) is 1. The van der Waals surface area contributed by atoms with E-state index in [1.165, 1.54) is 0 Å². The fourth-order valence-corrected chi connectivity index (χ4v) is 1.20. The molecule has 0 aromatic heterocycles. The Morgan fingerprint density at radius 3 is 2.29 bits per heavy atom. The summed E-state index contributed by atoms with van der Waals surface area (Å²) in [4.78, 5) is 21.4. The molecule has 1 aromatic rings. The van der Waals surface area contributed by atoms with Crippen molar-refractivity contribution in [1.29, 1.82) is 0 Å². The number of carbonyl (C=O) groups is 2. The van der Waals surface area contributed by atoms with Gasteiger partial charge in [-0.3, -0.25) is 9.59 Å². The molecule has 0 unspecified atom stereocenters. The normalized spacial score (nSPS) is 9.24. The molecule has 0 atom stereocenters. The standard InChI is InChI=1S/C11H11ClO4.Cd/c12-8-4-6-9(7-5-8)16-11(15)3-1-2-10(13)14;/h4-7H,1-3H2,(H,13,14);. The summed E-state index contributed by atoms with van der Waals surface area (Å²) in [5.74, 6) is -0.951. The number of ether oxygens (including phenoxy) is 1. The number of rotatable bonds is 5. The van der Waals surface area contributed by atoms with Crippen molar-refractivity contribution >= 4 is 23.5 Å². The molecule has 1 rings (SSSR count). The summed E-state index contributed by atoms with van der Waals surface area (Å²) < 4.78 is 4.96. The zero-order chi connectivity index (χ0) is 12.0. The summed E-state index contributed by atoms with van der Waals surface area (Å²) >= 11 is 5.66. The Labute approximate surface area is 124 Å². The van der Waals surface area contributed by atoms with E-state index in [1.54, 1.807) is 24.3 Å². The Morgan fingerprint density at radius 1 is 1.18 bits per heavy atom. The van der Waals surface area contributed by atoms with Gasteiger partial charge in [0.2, 0.25) is 0 Å². The van der Waals surface area contributed by atoms with Crippen LogP contribution >= 0.6 is 11.6 Å². The van der Waals surface area contributed by atoms with Crippen LogP contribution in [0.15, 0.2) is 24.3 Å². The Balaban J connectivity index is 0.00000256. The molecule has 0 saturated heterocycles. The molecular weight excluding hydrogens is 344 g/mol. The molecule has 4 nitrogen and oxygen atoms in total. The molecule has 88 valence electrons. The van der Waals surface area contributed by atoms with Crippen molar-refractivity contribution in [3.63, 3.8) is 0 Å². The minimum Gasteiger partial charge on any atom is -0.481 e. The maximum absolute atomic E-state index is 11.2. The van der Waals surface area contributed by atoms with Crippen LogP contribution in [-0.4, -0.2) is 17.0 Å². The van der Waals surface area contributed by atoms with Gasteiger partial charge in [0, 0.05) is 45.2 Å². The SMILES string of the molecule is O=C(O)CCCC(=O)Oc1ccc(Cl)cc1.[Cd]. The Morgan fingerprint density at radius 2 is 1.76 bits per heavy atom. The number of benzene rings is 1. The first-order chi connectivity index (χ1) is 7.58. The van der Waals surface area contributed by atoms with Crippen LogP contribution in [-0.2, 0) is 36.9 Å². The Bertz CT molecular complexity index is 378. The minimum atomic E-state index is -0.917. The van der Waals surface area contributed by atoms with E-state index in [4.69, 9.17) is 21.4 Å². The molecule has 0 spiro atoms.